The molecule has 0 aliphatic carbocycles. The first kappa shape index (κ1) is 12.0. The minimum absolute atomic E-state index is 0.0487. The third-order valence-corrected chi connectivity index (χ3v) is 3.12. The van der Waals surface area contributed by atoms with E-state index in [4.69, 9.17) is 0 Å². The van der Waals surface area contributed by atoms with Gasteiger partial charge in [-0.1, -0.05) is 18.2 Å². The van der Waals surface area contributed by atoms with Gasteiger partial charge in [0.1, 0.15) is 0 Å². The fourth-order valence-electron chi connectivity index (χ4n) is 1.21. The van der Waals surface area contributed by atoms with Crippen molar-refractivity contribution >= 4 is 21.8 Å². The average Bonchev–Trinajstić information content (AvgIpc) is 2.22. The van der Waals surface area contributed by atoms with Crippen LogP contribution in [-0.2, 0) is 0 Å². The minimum atomic E-state index is -0.0487. The lowest BCUT2D eigenvalue weighted by atomic mass is 10.1. The van der Waals surface area contributed by atoms with Gasteiger partial charge in [-0.2, -0.15) is 0 Å². The molecule has 0 heterocycles. The summed E-state index contributed by atoms with van der Waals surface area (Å²) >= 11 is 3.41. The molecule has 0 unspecified atom stereocenters. The third kappa shape index (κ3) is 3.20. The van der Waals surface area contributed by atoms with Crippen LogP contribution in [0.1, 0.15) is 22.3 Å². The number of amides is 1. The predicted molar refractivity (Wildman–Crippen MR) is 66.0 cm³/mol. The molecule has 0 aliphatic rings. The number of benzene rings is 1. The Labute approximate surface area is 98.5 Å². The number of carbonyl (C=O) groups is 1. The Morgan fingerprint density at radius 2 is 2.33 bits per heavy atom. The molecule has 0 aliphatic heterocycles. The van der Waals surface area contributed by atoms with Gasteiger partial charge in [0, 0.05) is 11.0 Å². The minimum Gasteiger partial charge on any atom is -0.352 e. The van der Waals surface area contributed by atoms with E-state index in [2.05, 4.69) is 27.8 Å². The van der Waals surface area contributed by atoms with Crippen molar-refractivity contribution in [1.29, 1.82) is 0 Å². The number of carbonyl (C=O) groups excluding carboxylic acids is 1. The summed E-state index contributed by atoms with van der Waals surface area (Å²) in [4.78, 5) is 11.7. The zero-order chi connectivity index (χ0) is 11.3. The van der Waals surface area contributed by atoms with Crippen molar-refractivity contribution in [2.75, 3.05) is 6.54 Å². The smallest absolute Gasteiger partial charge is 0.252 e. The highest BCUT2D eigenvalue weighted by Gasteiger charge is 2.09. The maximum Gasteiger partial charge on any atom is 0.252 e. The molecular weight excluding hydrogens is 254 g/mol. The molecule has 0 saturated heterocycles. The van der Waals surface area contributed by atoms with E-state index in [9.17, 15) is 4.79 Å². The molecule has 2 nitrogen and oxygen atoms in total. The van der Waals surface area contributed by atoms with Crippen LogP contribution in [0.2, 0.25) is 0 Å². The highest BCUT2D eigenvalue weighted by molar-refractivity contribution is 9.10. The SMILES string of the molecule is C=CCCNC(=O)c1cccc(C)c1Br. The molecule has 0 saturated carbocycles. The van der Waals surface area contributed by atoms with Gasteiger partial charge in [0.05, 0.1) is 5.56 Å². The van der Waals surface area contributed by atoms with Crippen molar-refractivity contribution < 1.29 is 4.79 Å². The highest BCUT2D eigenvalue weighted by atomic mass is 79.9. The molecule has 0 radical (unpaired) electrons. The Balaban J connectivity index is 2.73. The van der Waals surface area contributed by atoms with Crippen LogP contribution in [0.5, 0.6) is 0 Å². The lowest BCUT2D eigenvalue weighted by molar-refractivity contribution is 0.0953. The van der Waals surface area contributed by atoms with Crippen LogP contribution in [0, 0.1) is 6.92 Å². The normalized spacial score (nSPS) is 9.73. The van der Waals surface area contributed by atoms with E-state index in [-0.39, 0.29) is 5.91 Å². The van der Waals surface area contributed by atoms with E-state index in [1.54, 1.807) is 12.1 Å². The van der Waals surface area contributed by atoms with Gasteiger partial charge >= 0.3 is 0 Å². The summed E-state index contributed by atoms with van der Waals surface area (Å²) in [6, 6.07) is 5.65. The highest BCUT2D eigenvalue weighted by Crippen LogP contribution is 2.20. The predicted octanol–water partition coefficient (Wildman–Crippen LogP) is 3.06. The van der Waals surface area contributed by atoms with Crippen LogP contribution in [-0.4, -0.2) is 12.5 Å². The Kier molecular flexibility index (Phi) is 4.56. The maximum absolute atomic E-state index is 11.7. The van der Waals surface area contributed by atoms with Gasteiger partial charge in [-0.25, -0.2) is 0 Å². The monoisotopic (exact) mass is 267 g/mol. The Morgan fingerprint density at radius 1 is 1.60 bits per heavy atom. The Bertz CT molecular complexity index is 374. The molecule has 3 heteroatoms. The van der Waals surface area contributed by atoms with Crippen LogP contribution < -0.4 is 5.32 Å². The summed E-state index contributed by atoms with van der Waals surface area (Å²) in [5.74, 6) is -0.0487. The second kappa shape index (κ2) is 5.71. The number of halogens is 1. The first-order valence-electron chi connectivity index (χ1n) is 4.81. The Hall–Kier alpha value is -1.09. The lowest BCUT2D eigenvalue weighted by Crippen LogP contribution is -2.24. The van der Waals surface area contributed by atoms with Crippen LogP contribution in [0.3, 0.4) is 0 Å². The summed E-state index contributed by atoms with van der Waals surface area (Å²) in [7, 11) is 0. The molecule has 0 spiro atoms. The molecule has 1 rings (SSSR count). The second-order valence-corrected chi connectivity index (χ2v) is 4.06. The summed E-state index contributed by atoms with van der Waals surface area (Å²) < 4.78 is 0.862. The van der Waals surface area contributed by atoms with Crippen LogP contribution >= 0.6 is 15.9 Å². The van der Waals surface area contributed by atoms with E-state index < -0.39 is 0 Å². The summed E-state index contributed by atoms with van der Waals surface area (Å²) in [6.07, 6.45) is 2.57. The largest absolute Gasteiger partial charge is 0.352 e. The van der Waals surface area contributed by atoms with E-state index >= 15 is 0 Å². The number of rotatable bonds is 4. The molecule has 1 aromatic rings. The number of aryl methyl sites for hydroxylation is 1. The molecular formula is C12H14BrNO. The van der Waals surface area contributed by atoms with Gasteiger partial charge in [-0.15, -0.1) is 6.58 Å². The fourth-order valence-corrected chi connectivity index (χ4v) is 1.65. The zero-order valence-corrected chi connectivity index (χ0v) is 10.3. The topological polar surface area (TPSA) is 29.1 Å². The van der Waals surface area contributed by atoms with Crippen LogP contribution in [0.4, 0.5) is 0 Å². The van der Waals surface area contributed by atoms with Crippen molar-refractivity contribution in [1.82, 2.24) is 5.32 Å². The van der Waals surface area contributed by atoms with Gasteiger partial charge in [-0.05, 0) is 40.9 Å². The molecule has 80 valence electrons. The van der Waals surface area contributed by atoms with E-state index in [0.717, 1.165) is 16.5 Å². The van der Waals surface area contributed by atoms with Gasteiger partial charge < -0.3 is 5.32 Å². The third-order valence-electron chi connectivity index (χ3n) is 2.07. The first-order chi connectivity index (χ1) is 7.16. The molecule has 15 heavy (non-hydrogen) atoms. The van der Waals surface area contributed by atoms with Crippen LogP contribution in [0.25, 0.3) is 0 Å². The lowest BCUT2D eigenvalue weighted by Gasteiger charge is -2.07. The van der Waals surface area contributed by atoms with E-state index in [1.807, 2.05) is 19.1 Å². The molecule has 0 fully saturated rings. The van der Waals surface area contributed by atoms with Gasteiger partial charge in [-0.3, -0.25) is 4.79 Å². The Morgan fingerprint density at radius 3 is 3.00 bits per heavy atom. The first-order valence-corrected chi connectivity index (χ1v) is 5.60. The molecule has 1 amide bonds. The summed E-state index contributed by atoms with van der Waals surface area (Å²) in [5, 5.41) is 2.83. The number of hydrogen-bond donors (Lipinski definition) is 1. The van der Waals surface area contributed by atoms with Crippen molar-refractivity contribution in [3.05, 3.63) is 46.5 Å². The van der Waals surface area contributed by atoms with Crippen molar-refractivity contribution in [2.45, 2.75) is 13.3 Å². The maximum atomic E-state index is 11.7. The molecule has 1 N–H and O–H groups in total. The van der Waals surface area contributed by atoms with E-state index in [1.165, 1.54) is 0 Å². The molecule has 0 bridgehead atoms. The molecule has 1 aromatic carbocycles. The number of hydrogen-bond acceptors (Lipinski definition) is 1. The molecule has 0 atom stereocenters. The standard InChI is InChI=1S/C12H14BrNO/c1-3-4-8-14-12(15)10-7-5-6-9(2)11(10)13/h3,5-7H,1,4,8H2,2H3,(H,14,15). The van der Waals surface area contributed by atoms with E-state index in [0.29, 0.717) is 12.1 Å². The quantitative estimate of drug-likeness (QED) is 0.660. The zero-order valence-electron chi connectivity index (χ0n) is 8.72. The van der Waals surface area contributed by atoms with Crippen LogP contribution in [0.15, 0.2) is 35.3 Å². The second-order valence-electron chi connectivity index (χ2n) is 3.27. The number of nitrogens with one attached hydrogen (secondary N) is 1. The van der Waals surface area contributed by atoms with Crippen molar-refractivity contribution in [3.8, 4) is 0 Å². The fraction of sp³-hybridized carbons (Fsp3) is 0.250. The summed E-state index contributed by atoms with van der Waals surface area (Å²) in [5.41, 5.74) is 1.74. The van der Waals surface area contributed by atoms with Gasteiger partial charge in [0.15, 0.2) is 0 Å². The van der Waals surface area contributed by atoms with Crippen molar-refractivity contribution in [3.63, 3.8) is 0 Å². The van der Waals surface area contributed by atoms with Gasteiger partial charge in [0.25, 0.3) is 5.91 Å². The molecule has 0 aromatic heterocycles. The summed E-state index contributed by atoms with van der Waals surface area (Å²) in [6.45, 7) is 6.19. The van der Waals surface area contributed by atoms with Gasteiger partial charge in [0.2, 0.25) is 0 Å². The van der Waals surface area contributed by atoms with Crippen molar-refractivity contribution in [2.24, 2.45) is 0 Å². The average molecular weight is 268 g/mol.